The summed E-state index contributed by atoms with van der Waals surface area (Å²) in [6, 6.07) is 12.5. The van der Waals surface area contributed by atoms with E-state index in [1.807, 2.05) is 12.1 Å². The van der Waals surface area contributed by atoms with Crippen molar-refractivity contribution < 1.29 is 4.79 Å². The lowest BCUT2D eigenvalue weighted by molar-refractivity contribution is -0.133. The molecule has 1 fully saturated rings. The molecule has 4 nitrogen and oxygen atoms in total. The molecule has 1 aliphatic carbocycles. The van der Waals surface area contributed by atoms with Crippen LogP contribution in [-0.4, -0.2) is 33.4 Å². The van der Waals surface area contributed by atoms with Gasteiger partial charge >= 0.3 is 0 Å². The number of aromatic nitrogens is 2. The molecule has 0 bridgehead atoms. The van der Waals surface area contributed by atoms with E-state index in [4.69, 9.17) is 23.2 Å². The van der Waals surface area contributed by atoms with Gasteiger partial charge in [0.15, 0.2) is 0 Å². The minimum atomic E-state index is -0.0663. The lowest BCUT2D eigenvalue weighted by atomic mass is 9.94. The molecular weight excluding hydrogens is 429 g/mol. The number of amides is 1. The zero-order valence-corrected chi connectivity index (χ0v) is 19.0. The van der Waals surface area contributed by atoms with Gasteiger partial charge in [-0.1, -0.05) is 53.0 Å². The molecule has 5 rings (SSSR count). The number of carbonyl (C=O) groups is 1. The first-order valence-corrected chi connectivity index (χ1v) is 11.6. The predicted octanol–water partition coefficient (Wildman–Crippen LogP) is 5.64. The van der Waals surface area contributed by atoms with Crippen LogP contribution >= 0.6 is 23.2 Å². The second kappa shape index (κ2) is 8.33. The monoisotopic (exact) mass is 453 g/mol. The quantitative estimate of drug-likeness (QED) is 0.555. The van der Waals surface area contributed by atoms with E-state index in [1.54, 1.807) is 6.33 Å². The van der Waals surface area contributed by atoms with Crippen molar-refractivity contribution in [1.82, 2.24) is 14.9 Å². The summed E-state index contributed by atoms with van der Waals surface area (Å²) >= 11 is 13.3. The fraction of sp³-hybridized carbons (Fsp3) is 0.360. The van der Waals surface area contributed by atoms with Gasteiger partial charge in [0.2, 0.25) is 5.91 Å². The Morgan fingerprint density at radius 2 is 1.84 bits per heavy atom. The molecule has 2 aromatic carbocycles. The highest BCUT2D eigenvalue weighted by atomic mass is 35.5. The van der Waals surface area contributed by atoms with Crippen LogP contribution in [0, 0.1) is 12.8 Å². The first kappa shape index (κ1) is 20.6. The van der Waals surface area contributed by atoms with Crippen LogP contribution in [0.4, 0.5) is 0 Å². The highest BCUT2D eigenvalue weighted by molar-refractivity contribution is 6.36. The molecule has 160 valence electrons. The largest absolute Gasteiger partial charge is 0.348 e. The van der Waals surface area contributed by atoms with Crippen molar-refractivity contribution in [2.24, 2.45) is 5.92 Å². The summed E-state index contributed by atoms with van der Waals surface area (Å²) < 4.78 is 0. The maximum Gasteiger partial charge on any atom is 0.226 e. The molecule has 1 saturated heterocycles. The average Bonchev–Trinajstić information content (AvgIpc) is 3.37. The van der Waals surface area contributed by atoms with Gasteiger partial charge in [0.1, 0.15) is 0 Å². The Bertz CT molecular complexity index is 1100. The van der Waals surface area contributed by atoms with Gasteiger partial charge < -0.3 is 9.88 Å². The average molecular weight is 454 g/mol. The first-order chi connectivity index (χ1) is 15.0. The van der Waals surface area contributed by atoms with Crippen LogP contribution in [0.1, 0.15) is 35.4 Å². The molecule has 0 spiro atoms. The third-order valence-corrected chi connectivity index (χ3v) is 7.40. The molecule has 31 heavy (non-hydrogen) atoms. The van der Waals surface area contributed by atoms with Crippen LogP contribution in [0.2, 0.25) is 10.0 Å². The Morgan fingerprint density at radius 3 is 2.58 bits per heavy atom. The second-order valence-electron chi connectivity index (χ2n) is 8.73. The van der Waals surface area contributed by atoms with Crippen molar-refractivity contribution >= 4 is 29.1 Å². The van der Waals surface area contributed by atoms with E-state index in [-0.39, 0.29) is 17.9 Å². The summed E-state index contributed by atoms with van der Waals surface area (Å²) in [5, 5.41) is 1.27. The normalized spacial score (nSPS) is 20.9. The van der Waals surface area contributed by atoms with Gasteiger partial charge in [0, 0.05) is 40.7 Å². The molecule has 1 N–H and O–H groups in total. The minimum absolute atomic E-state index is 0.0663. The number of aromatic amines is 1. The predicted molar refractivity (Wildman–Crippen MR) is 125 cm³/mol. The van der Waals surface area contributed by atoms with Crippen LogP contribution in [0.3, 0.4) is 0 Å². The van der Waals surface area contributed by atoms with Crippen LogP contribution in [0.5, 0.6) is 0 Å². The van der Waals surface area contributed by atoms with E-state index in [1.165, 1.54) is 11.3 Å². The Morgan fingerprint density at radius 1 is 1.10 bits per heavy atom. The Balaban J connectivity index is 1.31. The third-order valence-electron chi connectivity index (χ3n) is 6.73. The van der Waals surface area contributed by atoms with Gasteiger partial charge in [-0.25, -0.2) is 4.98 Å². The van der Waals surface area contributed by atoms with E-state index in [9.17, 15) is 4.79 Å². The number of fused-ring (bicyclic) bond motifs is 1. The molecule has 2 aliphatic rings. The fourth-order valence-electron chi connectivity index (χ4n) is 4.92. The van der Waals surface area contributed by atoms with E-state index in [0.29, 0.717) is 16.5 Å². The number of halogens is 2. The maximum atomic E-state index is 13.2. The highest BCUT2D eigenvalue weighted by Crippen LogP contribution is 2.36. The van der Waals surface area contributed by atoms with Gasteiger partial charge in [0.25, 0.3) is 0 Å². The molecule has 1 aliphatic heterocycles. The van der Waals surface area contributed by atoms with Gasteiger partial charge in [-0.05, 0) is 61.4 Å². The molecule has 3 aromatic rings. The number of imidazole rings is 1. The Hall–Kier alpha value is -2.30. The molecule has 0 saturated carbocycles. The number of hydrogen-bond acceptors (Lipinski definition) is 2. The van der Waals surface area contributed by atoms with Crippen molar-refractivity contribution in [2.75, 3.05) is 6.54 Å². The molecule has 1 aromatic heterocycles. The maximum absolute atomic E-state index is 13.2. The number of carbonyl (C=O) groups excluding carboxylic acids is 1. The van der Waals surface area contributed by atoms with Gasteiger partial charge in [-0.15, -0.1) is 0 Å². The van der Waals surface area contributed by atoms with Crippen LogP contribution < -0.4 is 0 Å². The van der Waals surface area contributed by atoms with Crippen LogP contribution in [0.25, 0.3) is 11.1 Å². The summed E-state index contributed by atoms with van der Waals surface area (Å²) in [5.74, 6) is 0.158. The number of rotatable bonds is 4. The molecule has 2 atom stereocenters. The zero-order valence-electron chi connectivity index (χ0n) is 17.5. The number of aryl methyl sites for hydroxylation is 2. The molecule has 1 amide bonds. The summed E-state index contributed by atoms with van der Waals surface area (Å²) in [6.07, 6.45) is 5.95. The van der Waals surface area contributed by atoms with E-state index >= 15 is 0 Å². The summed E-state index contributed by atoms with van der Waals surface area (Å²) in [4.78, 5) is 22.9. The fourth-order valence-corrected chi connectivity index (χ4v) is 5.56. The van der Waals surface area contributed by atoms with E-state index < -0.39 is 0 Å². The standard InChI is InChI=1S/C25H25Cl2N3O/c1-15-2-4-16(5-3-15)18-11-21(26)20(22(27)12-18)10-17-8-9-30(25(17)31)19-6-7-23-24(13-19)29-14-28-23/h2-5,11-12,14,17,19H,6-10,13H2,1H3,(H,28,29). The van der Waals surface area contributed by atoms with Gasteiger partial charge in [-0.2, -0.15) is 0 Å². The summed E-state index contributed by atoms with van der Waals surface area (Å²) in [7, 11) is 0. The number of nitrogens with one attached hydrogen (secondary N) is 1. The topological polar surface area (TPSA) is 49.0 Å². The van der Waals surface area contributed by atoms with Crippen molar-refractivity contribution in [3.05, 3.63) is 75.3 Å². The van der Waals surface area contributed by atoms with E-state index in [2.05, 4.69) is 46.1 Å². The smallest absolute Gasteiger partial charge is 0.226 e. The molecule has 2 unspecified atom stereocenters. The number of likely N-dealkylation sites (tertiary alicyclic amines) is 1. The van der Waals surface area contributed by atoms with Gasteiger partial charge in [0.05, 0.1) is 12.0 Å². The lowest BCUT2D eigenvalue weighted by Crippen LogP contribution is -2.41. The number of nitrogens with zero attached hydrogens (tertiary/aromatic N) is 2. The second-order valence-corrected chi connectivity index (χ2v) is 9.54. The van der Waals surface area contributed by atoms with Crippen molar-refractivity contribution in [3.8, 4) is 11.1 Å². The first-order valence-electron chi connectivity index (χ1n) is 10.9. The van der Waals surface area contributed by atoms with Crippen LogP contribution in [-0.2, 0) is 24.1 Å². The minimum Gasteiger partial charge on any atom is -0.348 e. The molecular formula is C25H25Cl2N3O. The van der Waals surface area contributed by atoms with Crippen molar-refractivity contribution in [2.45, 2.75) is 45.1 Å². The summed E-state index contributed by atoms with van der Waals surface area (Å²) in [6.45, 7) is 2.87. The Labute approximate surface area is 192 Å². The lowest BCUT2D eigenvalue weighted by Gasteiger charge is -2.31. The van der Waals surface area contributed by atoms with Crippen molar-refractivity contribution in [3.63, 3.8) is 0 Å². The van der Waals surface area contributed by atoms with Gasteiger partial charge in [-0.3, -0.25) is 4.79 Å². The molecule has 0 radical (unpaired) electrons. The summed E-state index contributed by atoms with van der Waals surface area (Å²) in [5.41, 5.74) is 6.48. The number of H-pyrrole nitrogens is 1. The van der Waals surface area contributed by atoms with Crippen LogP contribution in [0.15, 0.2) is 42.7 Å². The van der Waals surface area contributed by atoms with Crippen molar-refractivity contribution in [1.29, 1.82) is 0 Å². The SMILES string of the molecule is Cc1ccc(-c2cc(Cl)c(CC3CCN(C4CCc5nc[nH]c5C4)C3=O)c(Cl)c2)cc1. The third kappa shape index (κ3) is 3.99. The van der Waals surface area contributed by atoms with E-state index in [0.717, 1.165) is 54.6 Å². The molecule has 2 heterocycles. The number of hydrogen-bond donors (Lipinski definition) is 1. The highest BCUT2D eigenvalue weighted by Gasteiger charge is 2.38. The molecule has 6 heteroatoms. The number of benzene rings is 2. The zero-order chi connectivity index (χ0) is 21.5. The Kier molecular flexibility index (Phi) is 5.53.